The van der Waals surface area contributed by atoms with E-state index in [4.69, 9.17) is 5.14 Å². The van der Waals surface area contributed by atoms with Gasteiger partial charge in [-0.3, -0.25) is 4.79 Å². The van der Waals surface area contributed by atoms with E-state index in [9.17, 15) is 30.8 Å². The predicted octanol–water partition coefficient (Wildman–Crippen LogP) is 4.62. The number of alkyl halides is 3. The highest BCUT2D eigenvalue weighted by Gasteiger charge is 2.31. The Kier molecular flexibility index (Phi) is 6.00. The minimum atomic E-state index is -4.57. The number of hydrogen-bond donors (Lipinski definition) is 1. The Morgan fingerprint density at radius 2 is 1.74 bits per heavy atom. The molecule has 2 N–H and O–H groups in total. The summed E-state index contributed by atoms with van der Waals surface area (Å²) in [7, 11) is -3.90. The summed E-state index contributed by atoms with van der Waals surface area (Å²) >= 11 is 0. The van der Waals surface area contributed by atoms with Crippen LogP contribution < -0.4 is 5.14 Å². The summed E-state index contributed by atoms with van der Waals surface area (Å²) in [5.41, 5.74) is 0.799. The monoisotopic (exact) mass is 491 g/mol. The Balaban J connectivity index is 1.70. The third-order valence-corrected chi connectivity index (χ3v) is 6.19. The molecule has 2 aromatic carbocycles. The van der Waals surface area contributed by atoms with Gasteiger partial charge >= 0.3 is 6.18 Å². The Morgan fingerprint density at radius 1 is 1.03 bits per heavy atom. The van der Waals surface area contributed by atoms with Crippen LogP contribution in [-0.4, -0.2) is 23.8 Å². The zero-order valence-electron chi connectivity index (χ0n) is 17.4. The van der Waals surface area contributed by atoms with E-state index in [0.717, 1.165) is 16.8 Å². The molecule has 0 atom stereocenters. The molecule has 4 rings (SSSR count). The van der Waals surface area contributed by atoms with Crippen LogP contribution in [0.4, 0.5) is 17.6 Å². The van der Waals surface area contributed by atoms with Crippen LogP contribution in [0.25, 0.3) is 16.8 Å². The molecule has 0 radical (unpaired) electrons. The van der Waals surface area contributed by atoms with E-state index in [2.05, 4.69) is 5.10 Å². The van der Waals surface area contributed by atoms with Crippen LogP contribution >= 0.6 is 0 Å². The van der Waals surface area contributed by atoms with Gasteiger partial charge in [0.1, 0.15) is 5.82 Å². The molecule has 0 bridgehead atoms. The van der Waals surface area contributed by atoms with Gasteiger partial charge < -0.3 is 0 Å². The third kappa shape index (κ3) is 4.85. The fourth-order valence-electron chi connectivity index (χ4n) is 3.60. The first-order chi connectivity index (χ1) is 15.9. The summed E-state index contributed by atoms with van der Waals surface area (Å²) in [4.78, 5) is 12.6. The van der Waals surface area contributed by atoms with E-state index in [1.165, 1.54) is 48.5 Å². The molecular weight excluding hydrogens is 474 g/mol. The Hall–Kier alpha value is -3.57. The maximum Gasteiger partial charge on any atom is 0.417 e. The zero-order chi connectivity index (χ0) is 24.7. The summed E-state index contributed by atoms with van der Waals surface area (Å²) < 4.78 is 77.2. The van der Waals surface area contributed by atoms with Crippen molar-refractivity contribution >= 4 is 21.3 Å². The first-order valence-electron chi connectivity index (χ1n) is 9.94. The Labute approximate surface area is 191 Å². The van der Waals surface area contributed by atoms with Gasteiger partial charge in [0, 0.05) is 29.3 Å². The highest BCUT2D eigenvalue weighted by atomic mass is 32.2. The van der Waals surface area contributed by atoms with E-state index in [0.29, 0.717) is 16.6 Å². The molecule has 6 nitrogen and oxygen atoms in total. The molecule has 0 aliphatic heterocycles. The van der Waals surface area contributed by atoms with Crippen LogP contribution in [0, 0.1) is 5.82 Å². The minimum absolute atomic E-state index is 0.0422. The Morgan fingerprint density at radius 3 is 2.35 bits per heavy atom. The van der Waals surface area contributed by atoms with Crippen LogP contribution in [0.1, 0.15) is 27.9 Å². The summed E-state index contributed by atoms with van der Waals surface area (Å²) in [5.74, 6) is -0.861. The fraction of sp³-hybridized carbons (Fsp3) is 0.130. The number of sulfonamides is 1. The number of carbonyl (C=O) groups is 1. The number of rotatable bonds is 6. The molecule has 2 aromatic heterocycles. The number of primary sulfonamides is 1. The van der Waals surface area contributed by atoms with Crippen LogP contribution in [0.3, 0.4) is 0 Å². The number of hydrogen-bond acceptors (Lipinski definition) is 4. The average molecular weight is 491 g/mol. The van der Waals surface area contributed by atoms with Crippen molar-refractivity contribution in [1.29, 1.82) is 0 Å². The number of nitrogens with zero attached hydrogens (tertiary/aromatic N) is 2. The average Bonchev–Trinajstić information content (AvgIpc) is 3.14. The second-order valence-corrected chi connectivity index (χ2v) is 9.14. The molecule has 4 aromatic rings. The van der Waals surface area contributed by atoms with Crippen LogP contribution in [0.5, 0.6) is 0 Å². The topological polar surface area (TPSA) is 94.5 Å². The largest absolute Gasteiger partial charge is 0.417 e. The van der Waals surface area contributed by atoms with Crippen molar-refractivity contribution in [3.05, 3.63) is 89.4 Å². The molecule has 0 spiro atoms. The quantitative estimate of drug-likeness (QED) is 0.315. The van der Waals surface area contributed by atoms with Crippen molar-refractivity contribution in [2.45, 2.75) is 23.9 Å². The molecule has 176 valence electrons. The summed E-state index contributed by atoms with van der Waals surface area (Å²) in [6, 6.07) is 12.8. The van der Waals surface area contributed by atoms with Gasteiger partial charge in [-0.25, -0.2) is 22.5 Å². The van der Waals surface area contributed by atoms with Crippen molar-refractivity contribution in [3.63, 3.8) is 0 Å². The molecule has 34 heavy (non-hydrogen) atoms. The Bertz CT molecular complexity index is 1490. The van der Waals surface area contributed by atoms with Crippen molar-refractivity contribution < 1.29 is 30.8 Å². The number of pyridine rings is 1. The lowest BCUT2D eigenvalue weighted by Crippen LogP contribution is -2.12. The smallest absolute Gasteiger partial charge is 0.294 e. The normalized spacial score (nSPS) is 12.3. The first-order valence-corrected chi connectivity index (χ1v) is 11.5. The van der Waals surface area contributed by atoms with Gasteiger partial charge in [0.15, 0.2) is 5.78 Å². The molecule has 0 aliphatic rings. The van der Waals surface area contributed by atoms with Gasteiger partial charge in [-0.05, 0) is 42.8 Å². The number of nitrogens with two attached hydrogens (primary N) is 1. The predicted molar refractivity (Wildman–Crippen MR) is 116 cm³/mol. The van der Waals surface area contributed by atoms with E-state index in [1.807, 2.05) is 0 Å². The fourth-order valence-corrected chi connectivity index (χ4v) is 4.11. The molecule has 0 amide bonds. The zero-order valence-corrected chi connectivity index (χ0v) is 18.2. The second-order valence-electron chi connectivity index (χ2n) is 7.58. The molecule has 0 saturated heterocycles. The molecule has 2 heterocycles. The van der Waals surface area contributed by atoms with Crippen LogP contribution in [0.15, 0.2) is 71.8 Å². The van der Waals surface area contributed by atoms with E-state index >= 15 is 0 Å². The highest BCUT2D eigenvalue weighted by molar-refractivity contribution is 7.89. The standard InChI is InChI=1S/C23H17F4N3O3S/c24-17-3-1-2-15(12-17)22-19(20-10-6-16(23(25,26)27)13-30(20)29-22)9-11-21(31)14-4-7-18(8-5-14)34(28,32)33/h1-8,10,12-13H,9,11H2,(H2,28,32,33). The molecule has 0 fully saturated rings. The van der Waals surface area contributed by atoms with Gasteiger partial charge in [0.25, 0.3) is 0 Å². The molecule has 0 saturated carbocycles. The SMILES string of the molecule is NS(=O)(=O)c1ccc(C(=O)CCc2c(-c3cccc(F)c3)nn3cc(C(F)(F)F)ccc23)cc1. The second kappa shape index (κ2) is 8.65. The number of ketones is 1. The third-order valence-electron chi connectivity index (χ3n) is 5.26. The first kappa shape index (κ1) is 23.6. The van der Waals surface area contributed by atoms with Crippen LogP contribution in [0.2, 0.25) is 0 Å². The van der Waals surface area contributed by atoms with Gasteiger partial charge in [0.2, 0.25) is 10.0 Å². The van der Waals surface area contributed by atoms with Crippen molar-refractivity contribution in [1.82, 2.24) is 9.61 Å². The number of Topliss-reactive ketones (excluding diaryl/α,β-unsaturated/α-hetero) is 1. The number of benzene rings is 2. The van der Waals surface area contributed by atoms with Crippen molar-refractivity contribution in [2.24, 2.45) is 5.14 Å². The number of carbonyl (C=O) groups excluding carboxylic acids is 1. The van der Waals surface area contributed by atoms with Gasteiger partial charge in [-0.2, -0.15) is 18.3 Å². The lowest BCUT2D eigenvalue weighted by Gasteiger charge is -2.07. The van der Waals surface area contributed by atoms with Gasteiger partial charge in [-0.1, -0.05) is 24.3 Å². The van der Waals surface area contributed by atoms with Crippen molar-refractivity contribution in [2.75, 3.05) is 0 Å². The maximum atomic E-state index is 13.8. The minimum Gasteiger partial charge on any atom is -0.294 e. The lowest BCUT2D eigenvalue weighted by molar-refractivity contribution is -0.137. The van der Waals surface area contributed by atoms with Gasteiger partial charge in [-0.15, -0.1) is 0 Å². The van der Waals surface area contributed by atoms with Crippen molar-refractivity contribution in [3.8, 4) is 11.3 Å². The van der Waals surface area contributed by atoms with E-state index in [-0.39, 0.29) is 34.8 Å². The number of aromatic nitrogens is 2. The lowest BCUT2D eigenvalue weighted by atomic mass is 9.99. The van der Waals surface area contributed by atoms with Gasteiger partial charge in [0.05, 0.1) is 21.7 Å². The molecule has 0 unspecified atom stereocenters. The molecule has 0 aliphatic carbocycles. The van der Waals surface area contributed by atoms with E-state index in [1.54, 1.807) is 6.07 Å². The summed E-state index contributed by atoms with van der Waals surface area (Å²) in [5, 5.41) is 9.31. The summed E-state index contributed by atoms with van der Waals surface area (Å²) in [6.45, 7) is 0. The van der Waals surface area contributed by atoms with E-state index < -0.39 is 27.6 Å². The molecular formula is C23H17F4N3O3S. The summed E-state index contributed by atoms with van der Waals surface area (Å²) in [6.07, 6.45) is -3.66. The highest BCUT2D eigenvalue weighted by Crippen LogP contribution is 2.33. The van der Waals surface area contributed by atoms with Crippen LogP contribution in [-0.2, 0) is 22.6 Å². The molecule has 11 heteroatoms. The number of aryl methyl sites for hydroxylation is 1. The number of halogens is 4. The maximum absolute atomic E-state index is 13.8. The number of fused-ring (bicyclic) bond motifs is 1.